The van der Waals surface area contributed by atoms with Crippen LogP contribution in [0.1, 0.15) is 41.0 Å². The van der Waals surface area contributed by atoms with Crippen LogP contribution in [0.5, 0.6) is 0 Å². The van der Waals surface area contributed by atoms with Crippen LogP contribution in [0.4, 0.5) is 0 Å². The normalized spacial score (nSPS) is 15.7. The second-order valence-corrected chi connectivity index (χ2v) is 5.35. The molecule has 0 aromatic carbocycles. The number of hydrogen-bond acceptors (Lipinski definition) is 3. The molecule has 0 bridgehead atoms. The highest BCUT2D eigenvalue weighted by atomic mass is 32.1. The minimum atomic E-state index is -0.915. The molecule has 5 nitrogen and oxygen atoms in total. The van der Waals surface area contributed by atoms with Crippen LogP contribution >= 0.6 is 12.2 Å². The van der Waals surface area contributed by atoms with Crippen molar-refractivity contribution in [2.45, 2.75) is 53.1 Å². The Kier molecular flexibility index (Phi) is 6.25. The zero-order valence-corrected chi connectivity index (χ0v) is 12.5. The third-order valence-corrected chi connectivity index (χ3v) is 3.37. The summed E-state index contributed by atoms with van der Waals surface area (Å²) in [7, 11) is 0. The van der Waals surface area contributed by atoms with Gasteiger partial charge >= 0.3 is 0 Å². The zero-order valence-electron chi connectivity index (χ0n) is 11.7. The van der Waals surface area contributed by atoms with Gasteiger partial charge in [-0.2, -0.15) is 0 Å². The molecular formula is C12H23N3O2S. The van der Waals surface area contributed by atoms with Gasteiger partial charge in [-0.25, -0.2) is 0 Å². The van der Waals surface area contributed by atoms with Crippen molar-refractivity contribution in [1.82, 2.24) is 10.6 Å². The summed E-state index contributed by atoms with van der Waals surface area (Å²) in [6.45, 7) is 8.86. The van der Waals surface area contributed by atoms with E-state index >= 15 is 0 Å². The SMILES string of the molecule is CCC(C)(C(=O)NC(C)C(=O)NC(C)C)C(N)=S. The second-order valence-electron chi connectivity index (χ2n) is 4.91. The van der Waals surface area contributed by atoms with Gasteiger partial charge in [0.05, 0.1) is 10.4 Å². The first-order chi connectivity index (χ1) is 8.15. The van der Waals surface area contributed by atoms with Gasteiger partial charge in [-0.1, -0.05) is 19.1 Å². The third kappa shape index (κ3) is 4.25. The number of carbonyl (C=O) groups is 2. The van der Waals surface area contributed by atoms with Crippen molar-refractivity contribution in [2.75, 3.05) is 0 Å². The summed E-state index contributed by atoms with van der Waals surface area (Å²) in [6.07, 6.45) is 0.493. The molecule has 0 saturated carbocycles. The first-order valence-electron chi connectivity index (χ1n) is 6.06. The minimum Gasteiger partial charge on any atom is -0.392 e. The summed E-state index contributed by atoms with van der Waals surface area (Å²) in [5.41, 5.74) is 4.67. The topological polar surface area (TPSA) is 84.2 Å². The lowest BCUT2D eigenvalue weighted by atomic mass is 9.86. The van der Waals surface area contributed by atoms with Crippen LogP contribution in [0.3, 0.4) is 0 Å². The maximum atomic E-state index is 12.1. The van der Waals surface area contributed by atoms with E-state index in [0.717, 1.165) is 0 Å². The molecule has 0 aromatic heterocycles. The number of carbonyl (C=O) groups excluding carboxylic acids is 2. The molecule has 0 spiro atoms. The molecule has 104 valence electrons. The van der Waals surface area contributed by atoms with Gasteiger partial charge in [-0.15, -0.1) is 0 Å². The second kappa shape index (κ2) is 6.68. The quantitative estimate of drug-likeness (QED) is 0.623. The maximum Gasteiger partial charge on any atom is 0.242 e. The number of nitrogens with one attached hydrogen (secondary N) is 2. The number of thiocarbonyl (C=S) groups is 1. The molecule has 0 radical (unpaired) electrons. The lowest BCUT2D eigenvalue weighted by Gasteiger charge is -2.27. The number of nitrogens with two attached hydrogens (primary N) is 1. The van der Waals surface area contributed by atoms with Crippen molar-refractivity contribution >= 4 is 29.0 Å². The fourth-order valence-corrected chi connectivity index (χ4v) is 1.51. The van der Waals surface area contributed by atoms with Crippen LogP contribution in [0.2, 0.25) is 0 Å². The van der Waals surface area contributed by atoms with Crippen molar-refractivity contribution in [3.05, 3.63) is 0 Å². The van der Waals surface area contributed by atoms with Crippen LogP contribution in [0, 0.1) is 5.41 Å². The van der Waals surface area contributed by atoms with E-state index in [0.29, 0.717) is 6.42 Å². The lowest BCUT2D eigenvalue weighted by molar-refractivity contribution is -0.132. The average molecular weight is 273 g/mol. The van der Waals surface area contributed by atoms with Gasteiger partial charge in [0, 0.05) is 6.04 Å². The molecule has 2 unspecified atom stereocenters. The van der Waals surface area contributed by atoms with E-state index in [4.69, 9.17) is 18.0 Å². The maximum absolute atomic E-state index is 12.1. The van der Waals surface area contributed by atoms with Crippen LogP contribution in [-0.4, -0.2) is 28.9 Å². The van der Waals surface area contributed by atoms with Gasteiger partial charge in [0.2, 0.25) is 11.8 Å². The number of rotatable bonds is 6. The largest absolute Gasteiger partial charge is 0.392 e. The summed E-state index contributed by atoms with van der Waals surface area (Å²) in [4.78, 5) is 23.9. The molecule has 6 heteroatoms. The molecule has 18 heavy (non-hydrogen) atoms. The van der Waals surface area contributed by atoms with Gasteiger partial charge in [-0.05, 0) is 34.1 Å². The molecule has 2 atom stereocenters. The Morgan fingerprint density at radius 1 is 1.28 bits per heavy atom. The lowest BCUT2D eigenvalue weighted by Crippen LogP contribution is -2.53. The van der Waals surface area contributed by atoms with E-state index in [1.165, 1.54) is 0 Å². The molecule has 4 N–H and O–H groups in total. The van der Waals surface area contributed by atoms with Crippen molar-refractivity contribution < 1.29 is 9.59 Å². The van der Waals surface area contributed by atoms with Crippen molar-refractivity contribution in [1.29, 1.82) is 0 Å². The molecule has 0 rings (SSSR count). The minimum absolute atomic E-state index is 0.0324. The van der Waals surface area contributed by atoms with Gasteiger partial charge in [0.1, 0.15) is 6.04 Å². The molecule has 0 aliphatic rings. The highest BCUT2D eigenvalue weighted by Crippen LogP contribution is 2.21. The Morgan fingerprint density at radius 3 is 2.11 bits per heavy atom. The summed E-state index contributed by atoms with van der Waals surface area (Å²) >= 11 is 4.91. The van der Waals surface area contributed by atoms with E-state index in [9.17, 15) is 9.59 Å². The predicted octanol–water partition coefficient (Wildman–Crippen LogP) is 0.718. The smallest absolute Gasteiger partial charge is 0.242 e. The molecule has 2 amide bonds. The molecule has 0 heterocycles. The van der Waals surface area contributed by atoms with E-state index in [2.05, 4.69) is 10.6 Å². The monoisotopic (exact) mass is 273 g/mol. The average Bonchev–Trinajstić information content (AvgIpc) is 2.26. The zero-order chi connectivity index (χ0) is 14.5. The fourth-order valence-electron chi connectivity index (χ4n) is 1.28. The first kappa shape index (κ1) is 16.8. The number of hydrogen-bond donors (Lipinski definition) is 3. The van der Waals surface area contributed by atoms with Crippen LogP contribution in [0.25, 0.3) is 0 Å². The van der Waals surface area contributed by atoms with Crippen molar-refractivity contribution in [3.8, 4) is 0 Å². The van der Waals surface area contributed by atoms with Crippen molar-refractivity contribution in [2.24, 2.45) is 11.1 Å². The number of amides is 2. The summed E-state index contributed by atoms with van der Waals surface area (Å²) < 4.78 is 0. The van der Waals surface area contributed by atoms with E-state index in [-0.39, 0.29) is 22.8 Å². The predicted molar refractivity (Wildman–Crippen MR) is 76.1 cm³/mol. The van der Waals surface area contributed by atoms with Crippen LogP contribution in [0.15, 0.2) is 0 Å². The Labute approximate surface area is 114 Å². The van der Waals surface area contributed by atoms with Crippen LogP contribution in [-0.2, 0) is 9.59 Å². The molecule has 0 saturated heterocycles. The van der Waals surface area contributed by atoms with Gasteiger partial charge in [-0.3, -0.25) is 9.59 Å². The standard InChI is InChI=1S/C12H23N3O2S/c1-6-12(5,10(13)18)11(17)15-8(4)9(16)14-7(2)3/h7-8H,6H2,1-5H3,(H2,13,18)(H,14,16)(H,15,17). The molecule has 0 aromatic rings. The molecule has 0 aliphatic carbocycles. The highest BCUT2D eigenvalue weighted by molar-refractivity contribution is 7.80. The molecule has 0 fully saturated rings. The van der Waals surface area contributed by atoms with Crippen molar-refractivity contribution in [3.63, 3.8) is 0 Å². The summed E-state index contributed by atoms with van der Waals surface area (Å²) in [5, 5.41) is 5.37. The third-order valence-electron chi connectivity index (χ3n) is 2.92. The Morgan fingerprint density at radius 2 is 1.78 bits per heavy atom. The molecule has 0 aliphatic heterocycles. The first-order valence-corrected chi connectivity index (χ1v) is 6.47. The van der Waals surface area contributed by atoms with E-state index in [1.807, 2.05) is 20.8 Å². The van der Waals surface area contributed by atoms with Gasteiger partial charge in [0.15, 0.2) is 0 Å². The van der Waals surface area contributed by atoms with E-state index < -0.39 is 11.5 Å². The van der Waals surface area contributed by atoms with Gasteiger partial charge in [0.25, 0.3) is 0 Å². The summed E-state index contributed by atoms with van der Waals surface area (Å²) in [5.74, 6) is -0.538. The Bertz CT molecular complexity index is 344. The highest BCUT2D eigenvalue weighted by Gasteiger charge is 2.35. The van der Waals surface area contributed by atoms with E-state index in [1.54, 1.807) is 13.8 Å². The van der Waals surface area contributed by atoms with Crippen LogP contribution < -0.4 is 16.4 Å². The molecular weight excluding hydrogens is 250 g/mol. The Balaban J connectivity index is 4.66. The van der Waals surface area contributed by atoms with Gasteiger partial charge < -0.3 is 16.4 Å². The Hall–Kier alpha value is -1.17. The fraction of sp³-hybridized carbons (Fsp3) is 0.750. The summed E-state index contributed by atoms with van der Waals surface area (Å²) in [6, 6.07) is -0.579.